The summed E-state index contributed by atoms with van der Waals surface area (Å²) in [6.07, 6.45) is -5.07. The van der Waals surface area contributed by atoms with Crippen molar-refractivity contribution >= 4 is 12.0 Å². The molecule has 0 bridgehead atoms. The molecule has 0 aromatic heterocycles. The average molecular weight is 310 g/mol. The molecular formula is C13H21F3N2O3. The van der Waals surface area contributed by atoms with E-state index in [4.69, 9.17) is 0 Å². The zero-order valence-corrected chi connectivity index (χ0v) is 12.4. The van der Waals surface area contributed by atoms with E-state index in [1.165, 1.54) is 11.9 Å². The van der Waals surface area contributed by atoms with Gasteiger partial charge in [0.05, 0.1) is 11.8 Å². The fraction of sp³-hybridized carbons (Fsp3) is 0.846. The molecule has 1 saturated heterocycles. The van der Waals surface area contributed by atoms with Gasteiger partial charge in [0.25, 0.3) is 0 Å². The van der Waals surface area contributed by atoms with Crippen LogP contribution in [0.3, 0.4) is 0 Å². The third-order valence-corrected chi connectivity index (χ3v) is 4.16. The van der Waals surface area contributed by atoms with Crippen LogP contribution in [-0.2, 0) is 4.79 Å². The molecular weight excluding hydrogens is 289 g/mol. The normalized spacial score (nSPS) is 22.7. The maximum Gasteiger partial charge on any atom is 0.390 e. The highest BCUT2D eigenvalue weighted by Crippen LogP contribution is 2.38. The SMILES string of the molecule is CC(C)C1(C(=O)O)CCN(C(=O)N(C)CCC(F)(F)F)C1. The molecule has 1 aliphatic rings. The number of amides is 2. The lowest BCUT2D eigenvalue weighted by molar-refractivity contribution is -0.150. The van der Waals surface area contributed by atoms with E-state index in [0.717, 1.165) is 4.90 Å². The Balaban J connectivity index is 2.67. The first-order chi connectivity index (χ1) is 9.49. The molecule has 0 aromatic rings. The van der Waals surface area contributed by atoms with Crippen molar-refractivity contribution in [2.24, 2.45) is 11.3 Å². The lowest BCUT2D eigenvalue weighted by Crippen LogP contribution is -2.45. The summed E-state index contributed by atoms with van der Waals surface area (Å²) in [6, 6.07) is -0.553. The molecule has 122 valence electrons. The highest BCUT2D eigenvalue weighted by atomic mass is 19.4. The molecule has 1 rings (SSSR count). The summed E-state index contributed by atoms with van der Waals surface area (Å²) in [5.74, 6) is -1.13. The number of urea groups is 1. The molecule has 0 spiro atoms. The van der Waals surface area contributed by atoms with Gasteiger partial charge in [0.15, 0.2) is 0 Å². The summed E-state index contributed by atoms with van der Waals surface area (Å²) in [7, 11) is 1.30. The predicted molar refractivity (Wildman–Crippen MR) is 69.8 cm³/mol. The summed E-state index contributed by atoms with van der Waals surface area (Å²) >= 11 is 0. The van der Waals surface area contributed by atoms with Crippen LogP contribution in [0.15, 0.2) is 0 Å². The third kappa shape index (κ3) is 4.01. The Bertz CT molecular complexity index is 412. The van der Waals surface area contributed by atoms with Crippen LogP contribution in [0, 0.1) is 11.3 Å². The van der Waals surface area contributed by atoms with Crippen molar-refractivity contribution < 1.29 is 27.9 Å². The van der Waals surface area contributed by atoms with Crippen molar-refractivity contribution in [3.63, 3.8) is 0 Å². The average Bonchev–Trinajstić information content (AvgIpc) is 2.80. The van der Waals surface area contributed by atoms with Crippen LogP contribution in [0.1, 0.15) is 26.7 Å². The molecule has 0 saturated carbocycles. The lowest BCUT2D eigenvalue weighted by atomic mass is 9.76. The molecule has 0 aliphatic carbocycles. The van der Waals surface area contributed by atoms with Crippen LogP contribution in [0.25, 0.3) is 0 Å². The molecule has 1 aliphatic heterocycles. The molecule has 1 fully saturated rings. The first-order valence-electron chi connectivity index (χ1n) is 6.80. The Labute approximate surface area is 121 Å². The van der Waals surface area contributed by atoms with E-state index in [2.05, 4.69) is 0 Å². The Morgan fingerprint density at radius 3 is 2.33 bits per heavy atom. The minimum atomic E-state index is -4.32. The second-order valence-corrected chi connectivity index (χ2v) is 5.86. The number of nitrogens with zero attached hydrogens (tertiary/aromatic N) is 2. The van der Waals surface area contributed by atoms with E-state index >= 15 is 0 Å². The van der Waals surface area contributed by atoms with Crippen LogP contribution >= 0.6 is 0 Å². The highest BCUT2D eigenvalue weighted by Gasteiger charge is 2.49. The van der Waals surface area contributed by atoms with Crippen molar-refractivity contribution in [3.8, 4) is 0 Å². The van der Waals surface area contributed by atoms with Gasteiger partial charge in [0.1, 0.15) is 0 Å². The molecule has 1 unspecified atom stereocenters. The summed E-state index contributed by atoms with van der Waals surface area (Å²) in [6.45, 7) is 3.40. The Hall–Kier alpha value is -1.47. The summed E-state index contributed by atoms with van der Waals surface area (Å²) in [4.78, 5) is 25.9. The lowest BCUT2D eigenvalue weighted by Gasteiger charge is -2.30. The Morgan fingerprint density at radius 1 is 1.38 bits per heavy atom. The van der Waals surface area contributed by atoms with Crippen LogP contribution in [0.5, 0.6) is 0 Å². The molecule has 2 amide bonds. The van der Waals surface area contributed by atoms with E-state index in [9.17, 15) is 27.9 Å². The number of likely N-dealkylation sites (tertiary alicyclic amines) is 1. The number of alkyl halides is 3. The van der Waals surface area contributed by atoms with E-state index in [1.807, 2.05) is 0 Å². The van der Waals surface area contributed by atoms with Gasteiger partial charge in [-0.3, -0.25) is 4.79 Å². The number of carboxylic acids is 1. The van der Waals surface area contributed by atoms with Gasteiger partial charge in [-0.1, -0.05) is 13.8 Å². The van der Waals surface area contributed by atoms with Gasteiger partial charge in [-0.25, -0.2) is 4.79 Å². The molecule has 0 radical (unpaired) electrons. The maximum atomic E-state index is 12.2. The fourth-order valence-corrected chi connectivity index (χ4v) is 2.52. The number of rotatable bonds is 4. The molecule has 0 aromatic carbocycles. The maximum absolute atomic E-state index is 12.2. The zero-order chi connectivity index (χ0) is 16.4. The second kappa shape index (κ2) is 6.11. The minimum Gasteiger partial charge on any atom is -0.481 e. The quantitative estimate of drug-likeness (QED) is 0.867. The molecule has 1 atom stereocenters. The zero-order valence-electron chi connectivity index (χ0n) is 12.4. The minimum absolute atomic E-state index is 0.0369. The standard InChI is InChI=1S/C13H21F3N2O3/c1-9(2)12(10(19)20)4-7-18(8-12)11(21)17(3)6-5-13(14,15)16/h9H,4-8H2,1-3H3,(H,19,20). The third-order valence-electron chi connectivity index (χ3n) is 4.16. The van der Waals surface area contributed by atoms with Crippen molar-refractivity contribution in [1.29, 1.82) is 0 Å². The van der Waals surface area contributed by atoms with Crippen LogP contribution in [0.2, 0.25) is 0 Å². The van der Waals surface area contributed by atoms with Gasteiger partial charge in [-0.2, -0.15) is 13.2 Å². The summed E-state index contributed by atoms with van der Waals surface area (Å²) in [5.41, 5.74) is -1.01. The second-order valence-electron chi connectivity index (χ2n) is 5.86. The van der Waals surface area contributed by atoms with Gasteiger partial charge in [0.2, 0.25) is 0 Å². The topological polar surface area (TPSA) is 60.9 Å². The van der Waals surface area contributed by atoms with Gasteiger partial charge in [0, 0.05) is 26.7 Å². The largest absolute Gasteiger partial charge is 0.481 e. The van der Waals surface area contributed by atoms with Crippen molar-refractivity contribution in [2.75, 3.05) is 26.7 Å². The molecule has 1 heterocycles. The van der Waals surface area contributed by atoms with Gasteiger partial charge < -0.3 is 14.9 Å². The summed E-state index contributed by atoms with van der Waals surface area (Å²) in [5, 5.41) is 9.38. The molecule has 21 heavy (non-hydrogen) atoms. The van der Waals surface area contributed by atoms with E-state index in [1.54, 1.807) is 13.8 Å². The van der Waals surface area contributed by atoms with E-state index < -0.39 is 36.6 Å². The first-order valence-corrected chi connectivity index (χ1v) is 6.80. The Kier molecular flexibility index (Phi) is 5.11. The Morgan fingerprint density at radius 2 is 1.95 bits per heavy atom. The predicted octanol–water partition coefficient (Wildman–Crippen LogP) is 2.42. The monoisotopic (exact) mass is 310 g/mol. The van der Waals surface area contributed by atoms with Crippen LogP contribution in [-0.4, -0.2) is 59.8 Å². The molecule has 1 N–H and O–H groups in total. The number of carbonyl (C=O) groups is 2. The van der Waals surface area contributed by atoms with Gasteiger partial charge >= 0.3 is 18.2 Å². The van der Waals surface area contributed by atoms with Crippen LogP contribution < -0.4 is 0 Å². The fourth-order valence-electron chi connectivity index (χ4n) is 2.52. The van der Waals surface area contributed by atoms with E-state index in [-0.39, 0.29) is 19.0 Å². The number of hydrogen-bond acceptors (Lipinski definition) is 2. The smallest absolute Gasteiger partial charge is 0.390 e. The molecule has 5 nitrogen and oxygen atoms in total. The molecule has 8 heteroatoms. The van der Waals surface area contributed by atoms with E-state index in [0.29, 0.717) is 6.42 Å². The number of aliphatic carboxylic acids is 1. The summed E-state index contributed by atoms with van der Waals surface area (Å²) < 4.78 is 36.5. The highest BCUT2D eigenvalue weighted by molar-refractivity contribution is 5.80. The van der Waals surface area contributed by atoms with Gasteiger partial charge in [-0.15, -0.1) is 0 Å². The van der Waals surface area contributed by atoms with Crippen molar-refractivity contribution in [2.45, 2.75) is 32.9 Å². The van der Waals surface area contributed by atoms with Crippen molar-refractivity contribution in [3.05, 3.63) is 0 Å². The van der Waals surface area contributed by atoms with Crippen LogP contribution in [0.4, 0.5) is 18.0 Å². The van der Waals surface area contributed by atoms with Crippen molar-refractivity contribution in [1.82, 2.24) is 9.80 Å². The number of carboxylic acid groups (broad SMARTS) is 1. The first kappa shape index (κ1) is 17.6. The van der Waals surface area contributed by atoms with Gasteiger partial charge in [-0.05, 0) is 12.3 Å². The number of carbonyl (C=O) groups excluding carboxylic acids is 1. The number of hydrogen-bond donors (Lipinski definition) is 1. The number of halogens is 3.